The number of carbonyl (C=O) groups is 1. The molecule has 180 valence electrons. The second-order valence-corrected chi connectivity index (χ2v) is 8.15. The lowest BCUT2D eigenvalue weighted by Gasteiger charge is -2.12. The van der Waals surface area contributed by atoms with E-state index in [1.807, 2.05) is 49.6 Å². The fourth-order valence-corrected chi connectivity index (χ4v) is 3.98. The summed E-state index contributed by atoms with van der Waals surface area (Å²) in [6, 6.07) is 17.3. The number of hydrogen-bond acceptors (Lipinski definition) is 6. The van der Waals surface area contributed by atoms with Crippen LogP contribution in [-0.2, 0) is 18.4 Å². The summed E-state index contributed by atoms with van der Waals surface area (Å²) in [6.07, 6.45) is 5.48. The smallest absolute Gasteiger partial charge is 0.340 e. The molecule has 0 bridgehead atoms. The van der Waals surface area contributed by atoms with Crippen molar-refractivity contribution in [1.82, 2.24) is 19.7 Å². The van der Waals surface area contributed by atoms with E-state index in [1.165, 1.54) is 12.1 Å². The van der Waals surface area contributed by atoms with E-state index >= 15 is 0 Å². The van der Waals surface area contributed by atoms with Crippen LogP contribution in [0.1, 0.15) is 23.0 Å². The van der Waals surface area contributed by atoms with Gasteiger partial charge in [0.25, 0.3) is 0 Å². The van der Waals surface area contributed by atoms with Crippen LogP contribution < -0.4 is 4.74 Å². The maximum absolute atomic E-state index is 13.7. The number of carbonyl (C=O) groups excluding carboxylic acids is 1. The van der Waals surface area contributed by atoms with Crippen LogP contribution in [0.4, 0.5) is 4.39 Å². The first-order chi connectivity index (χ1) is 17.5. The van der Waals surface area contributed by atoms with E-state index in [9.17, 15) is 9.18 Å². The predicted octanol–water partition coefficient (Wildman–Crippen LogP) is 5.59. The van der Waals surface area contributed by atoms with Crippen molar-refractivity contribution >= 4 is 16.9 Å². The van der Waals surface area contributed by atoms with Crippen LogP contribution in [0.15, 0.2) is 79.3 Å². The third-order valence-electron chi connectivity index (χ3n) is 5.68. The normalized spacial score (nSPS) is 11.0. The van der Waals surface area contributed by atoms with Gasteiger partial charge in [-0.1, -0.05) is 0 Å². The Labute approximate surface area is 207 Å². The first kappa shape index (κ1) is 23.2. The molecule has 0 atom stereocenters. The molecule has 3 aromatic heterocycles. The lowest BCUT2D eigenvalue weighted by atomic mass is 10.0. The van der Waals surface area contributed by atoms with Crippen molar-refractivity contribution in [2.45, 2.75) is 13.5 Å². The summed E-state index contributed by atoms with van der Waals surface area (Å²) in [4.78, 5) is 21.1. The summed E-state index contributed by atoms with van der Waals surface area (Å²) in [5, 5.41) is 5.27. The van der Waals surface area contributed by atoms with Crippen LogP contribution in [-0.4, -0.2) is 32.3 Å². The number of pyridine rings is 2. The fourth-order valence-electron chi connectivity index (χ4n) is 3.98. The van der Waals surface area contributed by atoms with Crippen LogP contribution >= 0.6 is 0 Å². The molecule has 2 aromatic carbocycles. The van der Waals surface area contributed by atoms with E-state index < -0.39 is 11.8 Å². The Morgan fingerprint density at radius 3 is 2.53 bits per heavy atom. The second kappa shape index (κ2) is 9.95. The largest absolute Gasteiger partial charge is 0.487 e. The summed E-state index contributed by atoms with van der Waals surface area (Å²) in [7, 11) is 1.88. The van der Waals surface area contributed by atoms with Gasteiger partial charge in [0.15, 0.2) is 0 Å². The lowest BCUT2D eigenvalue weighted by molar-refractivity contribution is 0.0523. The maximum atomic E-state index is 13.7. The Morgan fingerprint density at radius 2 is 1.78 bits per heavy atom. The van der Waals surface area contributed by atoms with Gasteiger partial charge in [0.1, 0.15) is 23.9 Å². The second-order valence-electron chi connectivity index (χ2n) is 8.15. The molecule has 36 heavy (non-hydrogen) atoms. The van der Waals surface area contributed by atoms with Gasteiger partial charge >= 0.3 is 5.97 Å². The van der Waals surface area contributed by atoms with Gasteiger partial charge in [-0.25, -0.2) is 14.2 Å². The Morgan fingerprint density at radius 1 is 1.00 bits per heavy atom. The monoisotopic (exact) mass is 482 g/mol. The van der Waals surface area contributed by atoms with Crippen LogP contribution in [0, 0.1) is 5.82 Å². The van der Waals surface area contributed by atoms with Crippen molar-refractivity contribution in [2.24, 2.45) is 7.05 Å². The highest BCUT2D eigenvalue weighted by atomic mass is 19.1. The van der Waals surface area contributed by atoms with Crippen molar-refractivity contribution in [1.29, 1.82) is 0 Å². The number of ether oxygens (including phenoxy) is 2. The van der Waals surface area contributed by atoms with Crippen molar-refractivity contribution in [3.63, 3.8) is 0 Å². The molecule has 0 N–H and O–H groups in total. The van der Waals surface area contributed by atoms with E-state index in [4.69, 9.17) is 9.47 Å². The quantitative estimate of drug-likeness (QED) is 0.281. The molecular formula is C28H23FN4O3. The number of hydrogen-bond donors (Lipinski definition) is 0. The van der Waals surface area contributed by atoms with Gasteiger partial charge in [-0.15, -0.1) is 0 Å². The average Bonchev–Trinajstić information content (AvgIpc) is 3.29. The van der Waals surface area contributed by atoms with Crippen LogP contribution in [0.25, 0.3) is 33.3 Å². The molecule has 5 aromatic rings. The van der Waals surface area contributed by atoms with Gasteiger partial charge in [-0.2, -0.15) is 5.10 Å². The van der Waals surface area contributed by atoms with Crippen LogP contribution in [0.3, 0.4) is 0 Å². The Hall–Kier alpha value is -4.59. The van der Waals surface area contributed by atoms with Gasteiger partial charge in [0.05, 0.1) is 23.4 Å². The van der Waals surface area contributed by atoms with E-state index in [0.717, 1.165) is 22.4 Å². The van der Waals surface area contributed by atoms with Crippen molar-refractivity contribution in [3.05, 3.63) is 96.3 Å². The summed E-state index contributed by atoms with van der Waals surface area (Å²) in [5.41, 5.74) is 4.91. The zero-order valence-electron chi connectivity index (χ0n) is 19.8. The molecule has 5 rings (SSSR count). The SMILES string of the molecule is CCOC(=O)c1cc2ccc(F)cc2nc1COc1ccc(-c2nn(C)cc2-c2ccncc2)cc1. The van der Waals surface area contributed by atoms with Gasteiger partial charge in [0, 0.05) is 48.2 Å². The molecule has 7 nitrogen and oxygen atoms in total. The Kier molecular flexibility index (Phi) is 6.40. The van der Waals surface area contributed by atoms with E-state index in [2.05, 4.69) is 15.1 Å². The summed E-state index contributed by atoms with van der Waals surface area (Å²) in [5.74, 6) is -0.304. The molecule has 0 unspecified atom stereocenters. The van der Waals surface area contributed by atoms with Gasteiger partial charge < -0.3 is 9.47 Å². The third-order valence-corrected chi connectivity index (χ3v) is 5.68. The average molecular weight is 483 g/mol. The third kappa shape index (κ3) is 4.79. The van der Waals surface area contributed by atoms with Gasteiger partial charge in [-0.3, -0.25) is 9.67 Å². The molecule has 0 radical (unpaired) electrons. The fraction of sp³-hybridized carbons (Fsp3) is 0.143. The van der Waals surface area contributed by atoms with Crippen molar-refractivity contribution in [2.75, 3.05) is 6.61 Å². The number of nitrogens with zero attached hydrogens (tertiary/aromatic N) is 4. The van der Waals surface area contributed by atoms with Crippen molar-refractivity contribution in [3.8, 4) is 28.1 Å². The molecule has 0 spiro atoms. The van der Waals surface area contributed by atoms with E-state index in [-0.39, 0.29) is 13.2 Å². The zero-order chi connectivity index (χ0) is 25.1. The zero-order valence-corrected chi connectivity index (χ0v) is 19.8. The molecule has 3 heterocycles. The summed E-state index contributed by atoms with van der Waals surface area (Å²) < 4.78 is 26.7. The van der Waals surface area contributed by atoms with Gasteiger partial charge in [-0.05, 0) is 67.1 Å². The standard InChI is InChI=1S/C28H23FN4O3/c1-3-35-28(34)23-14-20-4-7-21(29)15-25(20)31-26(23)17-36-22-8-5-19(6-9-22)27-24(16-33(2)32-27)18-10-12-30-13-11-18/h4-16H,3,17H2,1-2H3. The van der Waals surface area contributed by atoms with Gasteiger partial charge in [0.2, 0.25) is 0 Å². The van der Waals surface area contributed by atoms with Crippen molar-refractivity contribution < 1.29 is 18.7 Å². The molecule has 0 fully saturated rings. The minimum absolute atomic E-state index is 0.0196. The van der Waals surface area contributed by atoms with Crippen LogP contribution in [0.2, 0.25) is 0 Å². The van der Waals surface area contributed by atoms with Crippen LogP contribution in [0.5, 0.6) is 5.75 Å². The van der Waals surface area contributed by atoms with E-state index in [1.54, 1.807) is 36.1 Å². The molecule has 8 heteroatoms. The first-order valence-corrected chi connectivity index (χ1v) is 11.5. The molecule has 0 saturated heterocycles. The molecular weight excluding hydrogens is 459 g/mol. The first-order valence-electron chi connectivity index (χ1n) is 11.5. The Balaban J connectivity index is 1.40. The summed E-state index contributed by atoms with van der Waals surface area (Å²) in [6.45, 7) is 1.99. The molecule has 0 aliphatic carbocycles. The molecule has 0 saturated carbocycles. The topological polar surface area (TPSA) is 79.1 Å². The minimum Gasteiger partial charge on any atom is -0.487 e. The lowest BCUT2D eigenvalue weighted by Crippen LogP contribution is -2.12. The summed E-state index contributed by atoms with van der Waals surface area (Å²) >= 11 is 0. The maximum Gasteiger partial charge on any atom is 0.340 e. The van der Waals surface area contributed by atoms with E-state index in [0.29, 0.717) is 27.9 Å². The molecule has 0 aliphatic heterocycles. The number of halogens is 1. The number of fused-ring (bicyclic) bond motifs is 1. The minimum atomic E-state index is -0.496. The highest BCUT2D eigenvalue weighted by Gasteiger charge is 2.17. The Bertz CT molecular complexity index is 1530. The molecule has 0 aliphatic rings. The highest BCUT2D eigenvalue weighted by molar-refractivity contribution is 5.95. The molecule has 0 amide bonds. The number of aromatic nitrogens is 4. The highest BCUT2D eigenvalue weighted by Crippen LogP contribution is 2.31. The number of rotatable bonds is 7. The number of aryl methyl sites for hydroxylation is 1. The predicted molar refractivity (Wildman–Crippen MR) is 134 cm³/mol. The number of benzene rings is 2. The number of esters is 1.